The molecule has 0 spiro atoms. The summed E-state index contributed by atoms with van der Waals surface area (Å²) in [4.78, 5) is 13.9. The molecule has 0 heterocycles. The Bertz CT molecular complexity index is 412. The monoisotopic (exact) mass is 343 g/mol. The van der Waals surface area contributed by atoms with E-state index < -0.39 is 0 Å². The summed E-state index contributed by atoms with van der Waals surface area (Å²) < 4.78 is 10.6. The van der Waals surface area contributed by atoms with Crippen LogP contribution in [0.5, 0.6) is 5.75 Å². The van der Waals surface area contributed by atoms with Crippen LogP contribution in [-0.4, -0.2) is 49.6 Å². The lowest BCUT2D eigenvalue weighted by atomic mass is 10.2. The number of hydrogen-bond donors (Lipinski definition) is 0. The summed E-state index contributed by atoms with van der Waals surface area (Å²) in [5.41, 5.74) is 1.15. The van der Waals surface area contributed by atoms with Crippen LogP contribution >= 0.6 is 15.9 Å². The molecular formula is C15H22BrNO3. The van der Waals surface area contributed by atoms with E-state index in [2.05, 4.69) is 15.9 Å². The van der Waals surface area contributed by atoms with Gasteiger partial charge in [0.2, 0.25) is 5.91 Å². The number of alkyl halides is 1. The Hall–Kier alpha value is -1.07. The highest BCUT2D eigenvalue weighted by Crippen LogP contribution is 2.12. The molecule has 4 nitrogen and oxygen atoms in total. The molecule has 112 valence electrons. The van der Waals surface area contributed by atoms with Gasteiger partial charge in [-0.05, 0) is 24.6 Å². The van der Waals surface area contributed by atoms with E-state index in [0.717, 1.165) is 16.6 Å². The predicted octanol–water partition coefficient (Wildman–Crippen LogP) is 2.63. The number of rotatable bonds is 9. The molecule has 0 N–H and O–H groups in total. The minimum atomic E-state index is 0.0918. The normalized spacial score (nSPS) is 10.3. The molecule has 0 saturated heterocycles. The Balaban J connectivity index is 2.36. The van der Waals surface area contributed by atoms with Crippen molar-refractivity contribution in [1.82, 2.24) is 4.90 Å². The number of aryl methyl sites for hydroxylation is 1. The van der Waals surface area contributed by atoms with Crippen LogP contribution in [-0.2, 0) is 9.53 Å². The van der Waals surface area contributed by atoms with E-state index in [1.807, 2.05) is 31.2 Å². The van der Waals surface area contributed by atoms with Gasteiger partial charge in [-0.15, -0.1) is 0 Å². The quantitative estimate of drug-likeness (QED) is 0.647. The lowest BCUT2D eigenvalue weighted by Gasteiger charge is -2.21. The van der Waals surface area contributed by atoms with Crippen LogP contribution in [0.2, 0.25) is 0 Å². The fourth-order valence-electron chi connectivity index (χ4n) is 1.78. The zero-order chi connectivity index (χ0) is 14.8. The number of ether oxygens (including phenoxy) is 2. The third-order valence-corrected chi connectivity index (χ3v) is 3.20. The summed E-state index contributed by atoms with van der Waals surface area (Å²) in [6, 6.07) is 7.83. The zero-order valence-corrected chi connectivity index (χ0v) is 13.7. The molecule has 0 aliphatic heterocycles. The first-order chi connectivity index (χ1) is 9.67. The number of halogens is 1. The second-order valence-corrected chi connectivity index (χ2v) is 5.27. The Morgan fingerprint density at radius 2 is 2.10 bits per heavy atom. The Morgan fingerprint density at radius 3 is 2.75 bits per heavy atom. The fourth-order valence-corrected chi connectivity index (χ4v) is 2.21. The molecule has 1 amide bonds. The molecule has 1 rings (SSSR count). The first kappa shape index (κ1) is 17.0. The van der Waals surface area contributed by atoms with Crippen molar-refractivity contribution in [2.75, 3.05) is 38.7 Å². The Labute approximate surface area is 129 Å². The molecule has 0 aliphatic rings. The highest BCUT2D eigenvalue weighted by atomic mass is 79.9. The van der Waals surface area contributed by atoms with E-state index in [1.54, 1.807) is 12.0 Å². The average Bonchev–Trinajstić information content (AvgIpc) is 2.43. The van der Waals surface area contributed by atoms with Crippen molar-refractivity contribution >= 4 is 21.8 Å². The molecule has 0 radical (unpaired) electrons. The summed E-state index contributed by atoms with van der Waals surface area (Å²) in [5, 5.41) is 0.765. The highest BCUT2D eigenvalue weighted by molar-refractivity contribution is 9.09. The van der Waals surface area contributed by atoms with Crippen molar-refractivity contribution in [2.45, 2.75) is 13.3 Å². The number of carbonyl (C=O) groups is 1. The first-order valence-corrected chi connectivity index (χ1v) is 7.81. The maximum Gasteiger partial charge on any atom is 0.226 e. The van der Waals surface area contributed by atoms with Gasteiger partial charge >= 0.3 is 0 Å². The van der Waals surface area contributed by atoms with Crippen LogP contribution in [0.4, 0.5) is 0 Å². The summed E-state index contributed by atoms with van der Waals surface area (Å²) >= 11 is 3.36. The minimum absolute atomic E-state index is 0.0918. The number of nitrogens with zero attached hydrogens (tertiary/aromatic N) is 1. The molecule has 0 bridgehead atoms. The molecule has 0 unspecified atom stereocenters. The van der Waals surface area contributed by atoms with Crippen molar-refractivity contribution in [3.05, 3.63) is 29.8 Å². The van der Waals surface area contributed by atoms with Gasteiger partial charge in [-0.2, -0.15) is 0 Å². The van der Waals surface area contributed by atoms with E-state index in [1.165, 1.54) is 0 Å². The van der Waals surface area contributed by atoms with Crippen molar-refractivity contribution in [3.8, 4) is 5.75 Å². The van der Waals surface area contributed by atoms with Crippen LogP contribution < -0.4 is 4.74 Å². The summed E-state index contributed by atoms with van der Waals surface area (Å²) in [5.74, 6) is 0.899. The van der Waals surface area contributed by atoms with Gasteiger partial charge in [0, 0.05) is 25.5 Å². The predicted molar refractivity (Wildman–Crippen MR) is 83.5 cm³/mol. The fraction of sp³-hybridized carbons (Fsp3) is 0.533. The van der Waals surface area contributed by atoms with Gasteiger partial charge in [-0.25, -0.2) is 0 Å². The molecule has 1 aromatic carbocycles. The SMILES string of the molecule is COCCN(CCBr)C(=O)CCOc1cccc(C)c1. The van der Waals surface area contributed by atoms with E-state index >= 15 is 0 Å². The van der Waals surface area contributed by atoms with E-state index in [9.17, 15) is 4.79 Å². The molecule has 0 fully saturated rings. The van der Waals surface area contributed by atoms with Crippen molar-refractivity contribution in [1.29, 1.82) is 0 Å². The molecule has 5 heteroatoms. The second kappa shape index (κ2) is 9.77. The van der Waals surface area contributed by atoms with Gasteiger partial charge in [0.1, 0.15) is 5.75 Å². The molecule has 1 aromatic rings. The molecule has 0 aliphatic carbocycles. The molecule has 0 atom stereocenters. The molecule has 0 saturated carbocycles. The van der Waals surface area contributed by atoms with Gasteiger partial charge in [0.05, 0.1) is 19.6 Å². The summed E-state index contributed by atoms with van der Waals surface area (Å²) in [7, 11) is 1.64. The van der Waals surface area contributed by atoms with Crippen LogP contribution in [0.15, 0.2) is 24.3 Å². The number of hydrogen-bond acceptors (Lipinski definition) is 3. The van der Waals surface area contributed by atoms with Crippen molar-refractivity contribution in [3.63, 3.8) is 0 Å². The van der Waals surface area contributed by atoms with Crippen molar-refractivity contribution < 1.29 is 14.3 Å². The smallest absolute Gasteiger partial charge is 0.226 e. The topological polar surface area (TPSA) is 38.8 Å². The standard InChI is InChI=1S/C15H22BrNO3/c1-13-4-3-5-14(12-13)20-10-6-15(18)17(8-7-16)9-11-19-2/h3-5,12H,6-11H2,1-2H3. The van der Waals surface area contributed by atoms with Gasteiger partial charge < -0.3 is 14.4 Å². The first-order valence-electron chi connectivity index (χ1n) is 6.69. The Morgan fingerprint density at radius 1 is 1.30 bits per heavy atom. The summed E-state index contributed by atoms with van der Waals surface area (Å²) in [6.07, 6.45) is 0.380. The van der Waals surface area contributed by atoms with Crippen LogP contribution in [0.3, 0.4) is 0 Å². The van der Waals surface area contributed by atoms with Crippen LogP contribution in [0.25, 0.3) is 0 Å². The molecular weight excluding hydrogens is 322 g/mol. The van der Waals surface area contributed by atoms with Gasteiger partial charge in [0.15, 0.2) is 0 Å². The average molecular weight is 344 g/mol. The number of amides is 1. The van der Waals surface area contributed by atoms with Crippen LogP contribution in [0.1, 0.15) is 12.0 Å². The molecule has 0 aromatic heterocycles. The van der Waals surface area contributed by atoms with E-state index in [-0.39, 0.29) is 5.91 Å². The zero-order valence-electron chi connectivity index (χ0n) is 12.1. The van der Waals surface area contributed by atoms with Crippen LogP contribution in [0, 0.1) is 6.92 Å². The van der Waals surface area contributed by atoms with Gasteiger partial charge in [-0.3, -0.25) is 4.79 Å². The van der Waals surface area contributed by atoms with Gasteiger partial charge in [-0.1, -0.05) is 28.1 Å². The summed E-state index contributed by atoms with van der Waals surface area (Å²) in [6.45, 7) is 4.27. The second-order valence-electron chi connectivity index (χ2n) is 4.48. The van der Waals surface area contributed by atoms with Gasteiger partial charge in [0.25, 0.3) is 0 Å². The lowest BCUT2D eigenvalue weighted by molar-refractivity contribution is -0.132. The molecule has 20 heavy (non-hydrogen) atoms. The third kappa shape index (κ3) is 6.39. The number of methoxy groups -OCH3 is 1. The number of benzene rings is 1. The van der Waals surface area contributed by atoms with Crippen molar-refractivity contribution in [2.24, 2.45) is 0 Å². The van der Waals surface area contributed by atoms with E-state index in [0.29, 0.717) is 32.7 Å². The van der Waals surface area contributed by atoms with E-state index in [4.69, 9.17) is 9.47 Å². The maximum atomic E-state index is 12.1. The maximum absolute atomic E-state index is 12.1. The minimum Gasteiger partial charge on any atom is -0.493 e. The Kier molecular flexibility index (Phi) is 8.30. The lowest BCUT2D eigenvalue weighted by Crippen LogP contribution is -2.36. The highest BCUT2D eigenvalue weighted by Gasteiger charge is 2.12. The largest absolute Gasteiger partial charge is 0.493 e. The third-order valence-electron chi connectivity index (χ3n) is 2.85. The number of carbonyl (C=O) groups excluding carboxylic acids is 1.